The van der Waals surface area contributed by atoms with E-state index in [0.717, 1.165) is 13.1 Å². The Morgan fingerprint density at radius 3 is 3.17 bits per heavy atom. The van der Waals surface area contributed by atoms with Crippen LogP contribution in [0.25, 0.3) is 0 Å². The van der Waals surface area contributed by atoms with E-state index >= 15 is 0 Å². The number of carbonyl (C=O) groups excluding carboxylic acids is 1. The number of carbonyl (C=O) groups is 1. The molecule has 1 saturated heterocycles. The largest absolute Gasteiger partial charge is 0.464 e. The lowest BCUT2D eigenvalue weighted by Gasteiger charge is -2.07. The number of hydrogen-bond acceptors (Lipinski definition) is 4. The van der Waals surface area contributed by atoms with Crippen molar-refractivity contribution in [2.45, 2.75) is 19.4 Å². The predicted octanol–water partition coefficient (Wildman–Crippen LogP) is -0.0720. The summed E-state index contributed by atoms with van der Waals surface area (Å²) >= 11 is 0. The molecule has 1 rings (SSSR count). The Bertz CT molecular complexity index is 149. The number of cyclic esters (lactones) is 1. The fourth-order valence-corrected chi connectivity index (χ4v) is 1.08. The molecule has 0 aromatic heterocycles. The van der Waals surface area contributed by atoms with Gasteiger partial charge in [0.2, 0.25) is 0 Å². The Kier molecular flexibility index (Phi) is 4.04. The molecular weight excluding hydrogens is 158 g/mol. The van der Waals surface area contributed by atoms with Crippen LogP contribution in [0.15, 0.2) is 0 Å². The SMILES string of the molecule is CCNCCOC1CCOC1=O. The van der Waals surface area contributed by atoms with Crippen LogP contribution >= 0.6 is 0 Å². The molecule has 4 nitrogen and oxygen atoms in total. The van der Waals surface area contributed by atoms with Gasteiger partial charge < -0.3 is 14.8 Å². The molecule has 1 aliphatic rings. The topological polar surface area (TPSA) is 47.6 Å². The van der Waals surface area contributed by atoms with Crippen LogP contribution in [0.3, 0.4) is 0 Å². The van der Waals surface area contributed by atoms with Gasteiger partial charge in [-0.3, -0.25) is 0 Å². The normalized spacial score (nSPS) is 22.8. The van der Waals surface area contributed by atoms with E-state index in [-0.39, 0.29) is 12.1 Å². The van der Waals surface area contributed by atoms with Crippen LogP contribution in [0.2, 0.25) is 0 Å². The van der Waals surface area contributed by atoms with Gasteiger partial charge in [0, 0.05) is 13.0 Å². The van der Waals surface area contributed by atoms with Gasteiger partial charge in [0.1, 0.15) is 0 Å². The first-order valence-corrected chi connectivity index (χ1v) is 4.33. The lowest BCUT2D eigenvalue weighted by molar-refractivity contribution is -0.147. The van der Waals surface area contributed by atoms with E-state index < -0.39 is 0 Å². The van der Waals surface area contributed by atoms with Crippen LogP contribution in [-0.2, 0) is 14.3 Å². The van der Waals surface area contributed by atoms with Gasteiger partial charge in [-0.2, -0.15) is 0 Å². The molecule has 1 fully saturated rings. The molecule has 0 amide bonds. The highest BCUT2D eigenvalue weighted by Gasteiger charge is 2.26. The molecule has 0 aromatic carbocycles. The molecule has 1 N–H and O–H groups in total. The summed E-state index contributed by atoms with van der Waals surface area (Å²) < 4.78 is 10.0. The van der Waals surface area contributed by atoms with Crippen molar-refractivity contribution in [3.8, 4) is 0 Å². The van der Waals surface area contributed by atoms with Crippen LogP contribution in [0.1, 0.15) is 13.3 Å². The maximum atomic E-state index is 10.9. The van der Waals surface area contributed by atoms with E-state index in [2.05, 4.69) is 5.32 Å². The van der Waals surface area contributed by atoms with Gasteiger partial charge in [-0.15, -0.1) is 0 Å². The fraction of sp³-hybridized carbons (Fsp3) is 0.875. The van der Waals surface area contributed by atoms with Crippen molar-refractivity contribution < 1.29 is 14.3 Å². The molecule has 1 aliphatic heterocycles. The average molecular weight is 173 g/mol. The van der Waals surface area contributed by atoms with Crippen molar-refractivity contribution in [2.24, 2.45) is 0 Å². The Morgan fingerprint density at radius 1 is 1.75 bits per heavy atom. The minimum Gasteiger partial charge on any atom is -0.464 e. The standard InChI is InChI=1S/C8H15NO3/c1-2-9-4-6-11-7-3-5-12-8(7)10/h7,9H,2-6H2,1H3. The molecule has 12 heavy (non-hydrogen) atoms. The Hall–Kier alpha value is -0.610. The Balaban J connectivity index is 2.02. The maximum Gasteiger partial charge on any atom is 0.335 e. The number of rotatable bonds is 5. The number of nitrogens with one attached hydrogen (secondary N) is 1. The van der Waals surface area contributed by atoms with Gasteiger partial charge in [0.05, 0.1) is 13.2 Å². The first-order valence-electron chi connectivity index (χ1n) is 4.33. The molecule has 0 aromatic rings. The van der Waals surface area contributed by atoms with Crippen molar-refractivity contribution in [2.75, 3.05) is 26.3 Å². The molecule has 0 aliphatic carbocycles. The van der Waals surface area contributed by atoms with Crippen LogP contribution < -0.4 is 5.32 Å². The minimum absolute atomic E-state index is 0.216. The number of likely N-dealkylation sites (N-methyl/N-ethyl adjacent to an activating group) is 1. The Labute approximate surface area is 72.2 Å². The van der Waals surface area contributed by atoms with Crippen molar-refractivity contribution in [3.05, 3.63) is 0 Å². The van der Waals surface area contributed by atoms with Gasteiger partial charge in [-0.05, 0) is 6.54 Å². The van der Waals surface area contributed by atoms with Gasteiger partial charge >= 0.3 is 5.97 Å². The number of ether oxygens (including phenoxy) is 2. The molecule has 0 spiro atoms. The Morgan fingerprint density at radius 2 is 2.58 bits per heavy atom. The zero-order chi connectivity index (χ0) is 8.81. The summed E-state index contributed by atoms with van der Waals surface area (Å²) in [6.07, 6.45) is 0.383. The summed E-state index contributed by atoms with van der Waals surface area (Å²) in [6, 6.07) is 0. The predicted molar refractivity (Wildman–Crippen MR) is 43.9 cm³/mol. The van der Waals surface area contributed by atoms with Gasteiger partial charge in [0.25, 0.3) is 0 Å². The minimum atomic E-state index is -0.316. The summed E-state index contributed by atoms with van der Waals surface area (Å²) in [5.74, 6) is -0.216. The van der Waals surface area contributed by atoms with Crippen molar-refractivity contribution in [1.82, 2.24) is 5.32 Å². The second-order valence-electron chi connectivity index (χ2n) is 2.67. The van der Waals surface area contributed by atoms with E-state index in [4.69, 9.17) is 9.47 Å². The zero-order valence-electron chi connectivity index (χ0n) is 7.34. The molecule has 1 atom stereocenters. The number of esters is 1. The monoisotopic (exact) mass is 173 g/mol. The first kappa shape index (κ1) is 9.48. The second-order valence-corrected chi connectivity index (χ2v) is 2.67. The highest BCUT2D eigenvalue weighted by Crippen LogP contribution is 2.09. The highest BCUT2D eigenvalue weighted by molar-refractivity contribution is 5.76. The third kappa shape index (κ3) is 2.79. The van der Waals surface area contributed by atoms with Gasteiger partial charge in [0.15, 0.2) is 6.10 Å². The molecule has 4 heteroatoms. The van der Waals surface area contributed by atoms with Crippen LogP contribution in [0, 0.1) is 0 Å². The van der Waals surface area contributed by atoms with E-state index in [9.17, 15) is 4.79 Å². The zero-order valence-corrected chi connectivity index (χ0v) is 7.34. The molecule has 1 unspecified atom stereocenters. The first-order chi connectivity index (χ1) is 5.84. The quantitative estimate of drug-likeness (QED) is 0.467. The molecule has 0 saturated carbocycles. The third-order valence-electron chi connectivity index (χ3n) is 1.74. The van der Waals surface area contributed by atoms with Gasteiger partial charge in [-0.1, -0.05) is 6.92 Å². The summed E-state index contributed by atoms with van der Waals surface area (Å²) in [6.45, 7) is 4.83. The van der Waals surface area contributed by atoms with Crippen molar-refractivity contribution >= 4 is 5.97 Å². The fourth-order valence-electron chi connectivity index (χ4n) is 1.08. The average Bonchev–Trinajstić information content (AvgIpc) is 2.46. The van der Waals surface area contributed by atoms with E-state index in [1.807, 2.05) is 6.92 Å². The third-order valence-corrected chi connectivity index (χ3v) is 1.74. The second kappa shape index (κ2) is 5.11. The summed E-state index contributed by atoms with van der Waals surface area (Å²) in [5.41, 5.74) is 0. The van der Waals surface area contributed by atoms with Crippen molar-refractivity contribution in [3.63, 3.8) is 0 Å². The molecule has 0 bridgehead atoms. The van der Waals surface area contributed by atoms with Crippen LogP contribution in [0.4, 0.5) is 0 Å². The van der Waals surface area contributed by atoms with Crippen LogP contribution in [0.5, 0.6) is 0 Å². The molecular formula is C8H15NO3. The van der Waals surface area contributed by atoms with Crippen LogP contribution in [-0.4, -0.2) is 38.4 Å². The molecule has 70 valence electrons. The summed E-state index contributed by atoms with van der Waals surface area (Å²) in [7, 11) is 0. The smallest absolute Gasteiger partial charge is 0.335 e. The number of hydrogen-bond donors (Lipinski definition) is 1. The van der Waals surface area contributed by atoms with E-state index in [1.54, 1.807) is 0 Å². The lowest BCUT2D eigenvalue weighted by Crippen LogP contribution is -2.25. The van der Waals surface area contributed by atoms with E-state index in [0.29, 0.717) is 19.6 Å². The summed E-state index contributed by atoms with van der Waals surface area (Å²) in [4.78, 5) is 10.9. The maximum absolute atomic E-state index is 10.9. The highest BCUT2D eigenvalue weighted by atomic mass is 16.6. The summed E-state index contributed by atoms with van der Waals surface area (Å²) in [5, 5.41) is 3.11. The van der Waals surface area contributed by atoms with E-state index in [1.165, 1.54) is 0 Å². The van der Waals surface area contributed by atoms with Crippen molar-refractivity contribution in [1.29, 1.82) is 0 Å². The lowest BCUT2D eigenvalue weighted by atomic mass is 10.3. The molecule has 1 heterocycles. The molecule has 0 radical (unpaired) electrons. The van der Waals surface area contributed by atoms with Gasteiger partial charge in [-0.25, -0.2) is 4.79 Å².